The summed E-state index contributed by atoms with van der Waals surface area (Å²) >= 11 is -0.826. The number of halogens is 2. The van der Waals surface area contributed by atoms with Crippen molar-refractivity contribution in [3.63, 3.8) is 0 Å². The smallest absolute Gasteiger partial charge is 0.0920 e. The van der Waals surface area contributed by atoms with Gasteiger partial charge in [-0.1, -0.05) is 204 Å². The first-order valence-electron chi connectivity index (χ1n) is 25.5. The number of hydrogen-bond acceptors (Lipinski definition) is 0. The summed E-state index contributed by atoms with van der Waals surface area (Å²) < 4.78 is 0. The average Bonchev–Trinajstić information content (AvgIpc) is 4.05. The van der Waals surface area contributed by atoms with Crippen molar-refractivity contribution in [1.29, 1.82) is 0 Å². The van der Waals surface area contributed by atoms with E-state index in [1.54, 1.807) is 0 Å². The van der Waals surface area contributed by atoms with Gasteiger partial charge in [0, 0.05) is 0 Å². The SMILES string of the molecule is CCc1cc2c(-c3cc(C(C)(C)C)cc(C(C)(C)C)c3)c(CC)ccc2[cH-]1.CCc1cc2c(-c3cc(C(C)(C)C)cc(C(C)(C)C)c3)c(CC)ccc2[cH-]1.[Cl][Zr][Cl].[c-]1cccc2c1[Si]c1ccccc1-2. The summed E-state index contributed by atoms with van der Waals surface area (Å²) in [7, 11) is 10.7. The molecule has 366 valence electrons. The van der Waals surface area contributed by atoms with Crippen LogP contribution in [0.2, 0.25) is 0 Å². The van der Waals surface area contributed by atoms with Crippen LogP contribution in [0.5, 0.6) is 0 Å². The summed E-state index contributed by atoms with van der Waals surface area (Å²) in [5.41, 5.74) is 20.4. The van der Waals surface area contributed by atoms with Gasteiger partial charge in [0.25, 0.3) is 0 Å². The van der Waals surface area contributed by atoms with Crippen molar-refractivity contribution in [1.82, 2.24) is 0 Å². The second-order valence-electron chi connectivity index (χ2n) is 23.1. The minimum Gasteiger partial charge on any atom is -0.184 e. The Morgan fingerprint density at radius 1 is 0.471 bits per heavy atom. The zero-order chi connectivity index (χ0) is 51.3. The van der Waals surface area contributed by atoms with Gasteiger partial charge in [0.15, 0.2) is 0 Å². The normalized spacial score (nSPS) is 12.3. The van der Waals surface area contributed by atoms with Crippen molar-refractivity contribution in [3.05, 3.63) is 178 Å². The fourth-order valence-corrected chi connectivity index (χ4v) is 10.8. The molecule has 0 atom stereocenters. The van der Waals surface area contributed by atoms with Crippen LogP contribution >= 0.6 is 17.0 Å². The fraction of sp³-hybridized carbons (Fsp3) is 0.364. The summed E-state index contributed by atoms with van der Waals surface area (Å²) in [4.78, 5) is 0. The van der Waals surface area contributed by atoms with Crippen LogP contribution < -0.4 is 10.4 Å². The van der Waals surface area contributed by atoms with Crippen LogP contribution in [0.3, 0.4) is 0 Å². The van der Waals surface area contributed by atoms with E-state index in [1.165, 1.54) is 110 Å². The minimum atomic E-state index is -0.826. The Balaban J connectivity index is 0.000000176. The van der Waals surface area contributed by atoms with Crippen LogP contribution in [-0.4, -0.2) is 9.52 Å². The second kappa shape index (κ2) is 23.0. The summed E-state index contributed by atoms with van der Waals surface area (Å²) in [6.45, 7) is 36.8. The molecule has 0 spiro atoms. The van der Waals surface area contributed by atoms with Crippen molar-refractivity contribution < 1.29 is 20.8 Å². The molecule has 0 aliphatic carbocycles. The minimum absolute atomic E-state index is 0.136. The average molecular weight is 1060 g/mol. The van der Waals surface area contributed by atoms with Crippen LogP contribution in [0.25, 0.3) is 54.9 Å². The monoisotopic (exact) mass is 1060 g/mol. The van der Waals surface area contributed by atoms with E-state index < -0.39 is 20.8 Å². The van der Waals surface area contributed by atoms with E-state index >= 15 is 0 Å². The zero-order valence-corrected chi connectivity index (χ0v) is 50.2. The molecule has 0 amide bonds. The molecule has 0 aromatic heterocycles. The summed E-state index contributed by atoms with van der Waals surface area (Å²) in [6.07, 6.45) is 4.29. The molecular formula is C66H77Cl2SiZr-3. The van der Waals surface area contributed by atoms with Gasteiger partial charge in [-0.3, -0.25) is 0 Å². The summed E-state index contributed by atoms with van der Waals surface area (Å²) in [6, 6.07) is 51.5. The van der Waals surface area contributed by atoms with Crippen LogP contribution in [0, 0.1) is 6.07 Å². The largest absolute Gasteiger partial charge is 0.184 e. The first-order valence-corrected chi connectivity index (χ1v) is 32.9. The third-order valence-corrected chi connectivity index (χ3v) is 15.3. The Hall–Kier alpha value is -3.78. The topological polar surface area (TPSA) is 0 Å². The van der Waals surface area contributed by atoms with Crippen LogP contribution in [0.15, 0.2) is 127 Å². The van der Waals surface area contributed by atoms with Crippen molar-refractivity contribution in [2.24, 2.45) is 0 Å². The number of fused-ring (bicyclic) bond motifs is 5. The molecule has 9 rings (SSSR count). The van der Waals surface area contributed by atoms with Crippen LogP contribution in [0.4, 0.5) is 0 Å². The van der Waals surface area contributed by atoms with Crippen molar-refractivity contribution in [3.8, 4) is 33.4 Å². The zero-order valence-electron chi connectivity index (χ0n) is 45.2. The van der Waals surface area contributed by atoms with E-state index in [1.807, 2.05) is 6.07 Å². The first-order chi connectivity index (χ1) is 32.9. The molecule has 0 saturated carbocycles. The van der Waals surface area contributed by atoms with Gasteiger partial charge in [0.05, 0.1) is 9.52 Å². The van der Waals surface area contributed by atoms with Gasteiger partial charge in [-0.2, -0.15) is 41.6 Å². The summed E-state index contributed by atoms with van der Waals surface area (Å²) in [5, 5.41) is 8.40. The van der Waals surface area contributed by atoms with E-state index in [4.69, 9.17) is 17.0 Å². The maximum absolute atomic E-state index is 4.93. The molecule has 4 heteroatoms. The van der Waals surface area contributed by atoms with Gasteiger partial charge in [0.1, 0.15) is 0 Å². The first kappa shape index (κ1) is 55.5. The van der Waals surface area contributed by atoms with E-state index in [-0.39, 0.29) is 21.7 Å². The maximum Gasteiger partial charge on any atom is 0.0920 e. The van der Waals surface area contributed by atoms with Gasteiger partial charge >= 0.3 is 37.9 Å². The molecule has 2 radical (unpaired) electrons. The van der Waals surface area contributed by atoms with Gasteiger partial charge in [0.2, 0.25) is 0 Å². The van der Waals surface area contributed by atoms with Crippen molar-refractivity contribution in [2.45, 2.75) is 158 Å². The van der Waals surface area contributed by atoms with Crippen molar-refractivity contribution >= 4 is 58.5 Å². The summed E-state index contributed by atoms with van der Waals surface area (Å²) in [5.74, 6) is 0. The van der Waals surface area contributed by atoms with Gasteiger partial charge in [-0.05, 0) is 80.7 Å². The molecule has 0 fully saturated rings. The Bertz CT molecular complexity index is 2770. The molecule has 8 aromatic rings. The van der Waals surface area contributed by atoms with Gasteiger partial charge in [-0.15, -0.1) is 74.6 Å². The number of benzene rings is 6. The third-order valence-electron chi connectivity index (χ3n) is 13.9. The van der Waals surface area contributed by atoms with Crippen LogP contribution in [-0.2, 0) is 68.2 Å². The third kappa shape index (κ3) is 13.1. The van der Waals surface area contributed by atoms with Crippen LogP contribution in [0.1, 0.15) is 155 Å². The molecule has 0 N–H and O–H groups in total. The molecule has 0 nitrogen and oxygen atoms in total. The molecule has 1 heterocycles. The molecular weight excluding hydrogens is 983 g/mol. The predicted molar refractivity (Wildman–Crippen MR) is 310 cm³/mol. The molecule has 1 aliphatic heterocycles. The van der Waals surface area contributed by atoms with E-state index in [0.29, 0.717) is 0 Å². The Morgan fingerprint density at radius 3 is 1.23 bits per heavy atom. The second-order valence-corrected chi connectivity index (χ2v) is 28.2. The Kier molecular flexibility index (Phi) is 18.2. The molecule has 0 bridgehead atoms. The predicted octanol–water partition coefficient (Wildman–Crippen LogP) is 18.4. The quantitative estimate of drug-likeness (QED) is 0.115. The number of hydrogen-bond donors (Lipinski definition) is 0. The molecule has 0 unspecified atom stereocenters. The standard InChI is InChI=1S/2C27H35.C12H7Si.2ClH.Zr/c2*1-9-18-13-20-12-11-19(10-2)25(24(20)14-18)21-15-22(26(3,4)5)17-23(16-21)27(6,7)8;1-3-7-11-9(5-1)10-6-2-4-8-12(10)13-11;;;/h2*11-17H,9-10H2,1-8H3;1-7H;2*1H;/q3*-1;;;+2/p-2. The fourth-order valence-electron chi connectivity index (χ4n) is 9.46. The van der Waals surface area contributed by atoms with Gasteiger partial charge in [-0.25, -0.2) is 0 Å². The number of rotatable bonds is 6. The van der Waals surface area contributed by atoms with Crippen molar-refractivity contribution in [2.75, 3.05) is 0 Å². The van der Waals surface area contributed by atoms with E-state index in [0.717, 1.165) is 35.2 Å². The van der Waals surface area contributed by atoms with E-state index in [2.05, 4.69) is 238 Å². The van der Waals surface area contributed by atoms with E-state index in [9.17, 15) is 0 Å². The maximum atomic E-state index is 4.93. The number of aryl methyl sites for hydroxylation is 4. The molecule has 0 saturated heterocycles. The Labute approximate surface area is 445 Å². The molecule has 70 heavy (non-hydrogen) atoms. The Morgan fingerprint density at radius 2 is 0.857 bits per heavy atom. The van der Waals surface area contributed by atoms with Gasteiger partial charge < -0.3 is 0 Å². The molecule has 1 aliphatic rings. The molecule has 8 aromatic carbocycles.